The number of methoxy groups -OCH3 is 1. The summed E-state index contributed by atoms with van der Waals surface area (Å²) in [7, 11) is -0.281. The van der Waals surface area contributed by atoms with Crippen LogP contribution in [0.5, 0.6) is 5.75 Å². The van der Waals surface area contributed by atoms with Crippen LogP contribution in [0, 0.1) is 5.92 Å². The predicted molar refractivity (Wildman–Crippen MR) is 132 cm³/mol. The van der Waals surface area contributed by atoms with Crippen LogP contribution < -0.4 is 10.1 Å². The Morgan fingerprint density at radius 3 is 2.55 bits per heavy atom. The molecule has 1 fully saturated rings. The van der Waals surface area contributed by atoms with Crippen molar-refractivity contribution in [2.24, 2.45) is 5.92 Å². The largest absolute Gasteiger partial charge is 0.496 e. The fraction of sp³-hybridized carbons (Fsp3) is 0.560. The van der Waals surface area contributed by atoms with E-state index in [2.05, 4.69) is 43.5 Å². The zero-order valence-electron chi connectivity index (χ0n) is 20.7. The van der Waals surface area contributed by atoms with Crippen molar-refractivity contribution in [1.82, 2.24) is 14.3 Å². The molecule has 1 aromatic carbocycles. The Morgan fingerprint density at radius 2 is 1.94 bits per heavy atom. The van der Waals surface area contributed by atoms with Crippen molar-refractivity contribution in [3.05, 3.63) is 41.1 Å². The van der Waals surface area contributed by atoms with Gasteiger partial charge in [-0.3, -0.25) is 13.9 Å². The van der Waals surface area contributed by atoms with Crippen LogP contribution in [0.4, 0.5) is 5.82 Å². The molecule has 0 bridgehead atoms. The van der Waals surface area contributed by atoms with Gasteiger partial charge in [-0.2, -0.15) is 5.10 Å². The molecule has 0 atom stereocenters. The van der Waals surface area contributed by atoms with Crippen molar-refractivity contribution in [2.75, 3.05) is 12.4 Å². The number of aromatic nitrogens is 2. The molecule has 0 saturated heterocycles. The zero-order chi connectivity index (χ0) is 24.0. The number of hydrogen-bond acceptors (Lipinski definition) is 4. The highest BCUT2D eigenvalue weighted by Crippen LogP contribution is 2.44. The van der Waals surface area contributed by atoms with Crippen molar-refractivity contribution < 1.29 is 14.3 Å². The first-order chi connectivity index (χ1) is 15.6. The molecule has 0 unspecified atom stereocenters. The number of anilines is 1. The average Bonchev–Trinajstić information content (AvgIpc) is 3.23. The van der Waals surface area contributed by atoms with Crippen LogP contribution in [-0.2, 0) is 28.1 Å². The van der Waals surface area contributed by atoms with Crippen LogP contribution in [0.1, 0.15) is 56.9 Å². The number of rotatable bonds is 7. The topological polar surface area (TPSA) is 76.5 Å². The minimum Gasteiger partial charge on any atom is -0.496 e. The lowest BCUT2D eigenvalue weighted by molar-refractivity contribution is -0.136. The second kappa shape index (κ2) is 8.63. The van der Waals surface area contributed by atoms with Crippen molar-refractivity contribution in [1.29, 1.82) is 0 Å². The van der Waals surface area contributed by atoms with Crippen LogP contribution in [0.2, 0.25) is 19.1 Å². The molecule has 1 N–H and O–H groups in total. The summed E-state index contributed by atoms with van der Waals surface area (Å²) in [6.07, 6.45) is 3.26. The highest BCUT2D eigenvalue weighted by molar-refractivity contribution is 6.75. The number of para-hydroxylation sites is 1. The van der Waals surface area contributed by atoms with E-state index in [0.29, 0.717) is 12.4 Å². The molecule has 2 aliphatic rings. The van der Waals surface area contributed by atoms with Gasteiger partial charge < -0.3 is 15.0 Å². The van der Waals surface area contributed by atoms with E-state index in [-0.39, 0.29) is 24.2 Å². The maximum atomic E-state index is 13.6. The van der Waals surface area contributed by atoms with Gasteiger partial charge in [0.05, 0.1) is 31.3 Å². The number of nitrogens with zero attached hydrogens (tertiary/aromatic N) is 3. The lowest BCUT2D eigenvalue weighted by atomic mass is 9.85. The monoisotopic (exact) mass is 468 g/mol. The molecule has 2 amide bonds. The van der Waals surface area contributed by atoms with Gasteiger partial charge in [-0.1, -0.05) is 31.5 Å². The second-order valence-electron chi connectivity index (χ2n) is 10.4. The Morgan fingerprint density at radius 1 is 1.24 bits per heavy atom. The van der Waals surface area contributed by atoms with Gasteiger partial charge >= 0.3 is 0 Å². The molecule has 2 heterocycles. The summed E-state index contributed by atoms with van der Waals surface area (Å²) in [5, 5.41) is 8.06. The summed E-state index contributed by atoms with van der Waals surface area (Å²) < 4.78 is 7.64. The minimum atomic E-state index is -1.91. The van der Waals surface area contributed by atoms with Crippen LogP contribution in [0.25, 0.3) is 0 Å². The van der Waals surface area contributed by atoms with E-state index in [1.54, 1.807) is 7.11 Å². The first kappa shape index (κ1) is 23.5. The van der Waals surface area contributed by atoms with Crippen molar-refractivity contribution in [2.45, 2.75) is 77.7 Å². The quantitative estimate of drug-likeness (QED) is 0.606. The number of carbonyl (C=O) groups is 2. The highest BCUT2D eigenvalue weighted by Gasteiger charge is 2.47. The number of hydrogen-bond donors (Lipinski definition) is 1. The molecule has 1 aliphatic carbocycles. The van der Waals surface area contributed by atoms with Crippen LogP contribution in [-0.4, -0.2) is 41.5 Å². The van der Waals surface area contributed by atoms with Gasteiger partial charge in [0.2, 0.25) is 11.8 Å². The zero-order valence-corrected chi connectivity index (χ0v) is 21.7. The third-order valence-corrected chi connectivity index (χ3v) is 10.7. The van der Waals surface area contributed by atoms with Crippen LogP contribution in [0.15, 0.2) is 24.3 Å². The summed E-state index contributed by atoms with van der Waals surface area (Å²) in [4.78, 5) is 28.3. The predicted octanol–water partition coefficient (Wildman–Crippen LogP) is 4.52. The molecule has 0 spiro atoms. The molecule has 1 saturated carbocycles. The molecular weight excluding hydrogens is 432 g/mol. The standard InChI is InChI=1S/C25H36N4O3Si/c1-7-33(5,6)29-22-19(23(27-29)26-24(31)17-12-10-13-17)16-28(25(22,2)3)21(30)15-18-11-8-9-14-20(18)32-4/h8-9,11,14,17H,7,10,12-13,15-16H2,1-6H3,(H,26,27,31). The van der Waals surface area contributed by atoms with Gasteiger partial charge in [0.15, 0.2) is 14.1 Å². The summed E-state index contributed by atoms with van der Waals surface area (Å²) in [5.74, 6) is 1.54. The smallest absolute Gasteiger partial charge is 0.228 e. The first-order valence-corrected chi connectivity index (χ1v) is 15.1. The summed E-state index contributed by atoms with van der Waals surface area (Å²) >= 11 is 0. The minimum absolute atomic E-state index is 0.0412. The lowest BCUT2D eigenvalue weighted by Crippen LogP contribution is -2.46. The number of fused-ring (bicyclic) bond motifs is 1. The van der Waals surface area contributed by atoms with Gasteiger partial charge in [0.1, 0.15) is 5.75 Å². The SMILES string of the molecule is CC[Si](C)(C)n1nc(NC(=O)C2CCC2)c2c1C(C)(C)N(C(=O)Cc1ccccc1OC)C2. The normalized spacial score (nSPS) is 17.5. The van der Waals surface area contributed by atoms with E-state index < -0.39 is 13.8 Å². The second-order valence-corrected chi connectivity index (χ2v) is 15.2. The Hall–Kier alpha value is -2.61. The Labute approximate surface area is 197 Å². The Bertz CT molecular complexity index is 1070. The van der Waals surface area contributed by atoms with Gasteiger partial charge in [-0.25, -0.2) is 0 Å². The van der Waals surface area contributed by atoms with Crippen molar-refractivity contribution in [3.8, 4) is 5.75 Å². The number of ether oxygens (including phenoxy) is 1. The molecule has 178 valence electrons. The van der Waals surface area contributed by atoms with E-state index in [1.165, 1.54) is 0 Å². The Balaban J connectivity index is 1.68. The average molecular weight is 469 g/mol. The third kappa shape index (κ3) is 4.09. The van der Waals surface area contributed by atoms with E-state index in [0.717, 1.165) is 47.9 Å². The summed E-state index contributed by atoms with van der Waals surface area (Å²) in [5.41, 5.74) is 2.40. The fourth-order valence-electron chi connectivity index (χ4n) is 4.80. The number of benzene rings is 1. The fourth-order valence-corrected chi connectivity index (χ4v) is 6.48. The summed E-state index contributed by atoms with van der Waals surface area (Å²) in [6.45, 7) is 11.4. The summed E-state index contributed by atoms with van der Waals surface area (Å²) in [6, 6.07) is 8.67. The number of carbonyl (C=O) groups excluding carboxylic acids is 2. The Kier molecular flexibility index (Phi) is 6.16. The molecule has 8 heteroatoms. The van der Waals surface area contributed by atoms with Crippen molar-refractivity contribution >= 4 is 25.9 Å². The molecular formula is C25H36N4O3Si. The van der Waals surface area contributed by atoms with Gasteiger partial charge in [0, 0.05) is 17.0 Å². The number of nitrogens with one attached hydrogen (secondary N) is 1. The molecule has 33 heavy (non-hydrogen) atoms. The lowest BCUT2D eigenvalue weighted by Gasteiger charge is -2.36. The maximum absolute atomic E-state index is 13.6. The molecule has 2 aromatic rings. The van der Waals surface area contributed by atoms with Gasteiger partial charge in [-0.05, 0) is 51.9 Å². The first-order valence-electron chi connectivity index (χ1n) is 12.0. The van der Waals surface area contributed by atoms with Gasteiger partial charge in [-0.15, -0.1) is 0 Å². The van der Waals surface area contributed by atoms with E-state index in [4.69, 9.17) is 9.84 Å². The van der Waals surface area contributed by atoms with Gasteiger partial charge in [0.25, 0.3) is 0 Å². The number of amides is 2. The van der Waals surface area contributed by atoms with Crippen molar-refractivity contribution in [3.63, 3.8) is 0 Å². The van der Waals surface area contributed by atoms with E-state index >= 15 is 0 Å². The van der Waals surface area contributed by atoms with E-state index in [1.807, 2.05) is 29.2 Å². The van der Waals surface area contributed by atoms with Crippen LogP contribution in [0.3, 0.4) is 0 Å². The molecule has 7 nitrogen and oxygen atoms in total. The molecule has 1 aromatic heterocycles. The highest BCUT2D eigenvalue weighted by atomic mass is 28.3. The third-order valence-electron chi connectivity index (χ3n) is 7.55. The van der Waals surface area contributed by atoms with Crippen LogP contribution >= 0.6 is 0 Å². The maximum Gasteiger partial charge on any atom is 0.228 e. The van der Waals surface area contributed by atoms with E-state index in [9.17, 15) is 9.59 Å². The molecule has 1 aliphatic heterocycles. The molecule has 4 rings (SSSR count). The molecule has 0 radical (unpaired) electrons.